The number of allylic oxidation sites excluding steroid dienone is 1. The van der Waals surface area contributed by atoms with Gasteiger partial charge in [-0.25, -0.2) is 13.1 Å². The third-order valence-electron chi connectivity index (χ3n) is 3.83. The third-order valence-corrected chi connectivity index (χ3v) is 6.07. The van der Waals surface area contributed by atoms with Gasteiger partial charge in [-0.2, -0.15) is 11.3 Å². The molecule has 2 aromatic rings. The van der Waals surface area contributed by atoms with Crippen LogP contribution >= 0.6 is 11.3 Å². The molecule has 4 nitrogen and oxygen atoms in total. The standard InChI is InChI=1S/C17H17NO3S2/c19-17(8-5-13-9-10-22-12-13)18-23(20,21)16-7-6-14-3-1-2-4-15(14)11-16/h1-4,9-12H,5-8H2,(H,18,19). The molecule has 1 heterocycles. The van der Waals surface area contributed by atoms with Gasteiger partial charge in [0.15, 0.2) is 0 Å². The maximum absolute atomic E-state index is 12.4. The number of carbonyl (C=O) groups excluding carboxylic acids is 1. The second-order valence-electron chi connectivity index (χ2n) is 5.47. The molecule has 0 radical (unpaired) electrons. The van der Waals surface area contributed by atoms with E-state index in [9.17, 15) is 13.2 Å². The van der Waals surface area contributed by atoms with E-state index in [1.807, 2.05) is 41.1 Å². The van der Waals surface area contributed by atoms with Crippen molar-refractivity contribution in [2.75, 3.05) is 0 Å². The number of rotatable bonds is 5. The van der Waals surface area contributed by atoms with Crippen molar-refractivity contribution in [1.82, 2.24) is 4.72 Å². The molecule has 0 fully saturated rings. The lowest BCUT2D eigenvalue weighted by Gasteiger charge is -2.17. The Morgan fingerprint density at radius 3 is 2.78 bits per heavy atom. The normalized spacial score (nSPS) is 14.0. The molecule has 0 unspecified atom stereocenters. The number of aryl methyl sites for hydroxylation is 2. The molecule has 1 aliphatic rings. The smallest absolute Gasteiger partial charge is 0.260 e. The second-order valence-corrected chi connectivity index (χ2v) is 7.99. The van der Waals surface area contributed by atoms with Crippen LogP contribution in [0.2, 0.25) is 0 Å². The van der Waals surface area contributed by atoms with Gasteiger partial charge in [-0.3, -0.25) is 4.79 Å². The van der Waals surface area contributed by atoms with Crippen molar-refractivity contribution in [3.8, 4) is 0 Å². The summed E-state index contributed by atoms with van der Waals surface area (Å²) in [5.41, 5.74) is 3.09. The van der Waals surface area contributed by atoms with Crippen molar-refractivity contribution in [1.29, 1.82) is 0 Å². The first-order valence-corrected chi connectivity index (χ1v) is 9.82. The molecule has 0 atom stereocenters. The highest BCUT2D eigenvalue weighted by atomic mass is 32.2. The zero-order chi connectivity index (χ0) is 16.3. The van der Waals surface area contributed by atoms with Crippen LogP contribution < -0.4 is 4.72 Å². The predicted octanol–water partition coefficient (Wildman–Crippen LogP) is 3.11. The lowest BCUT2D eigenvalue weighted by molar-refractivity contribution is -0.119. The average Bonchev–Trinajstić information content (AvgIpc) is 3.05. The Morgan fingerprint density at radius 1 is 1.17 bits per heavy atom. The van der Waals surface area contributed by atoms with Crippen LogP contribution in [0.25, 0.3) is 6.08 Å². The molecule has 23 heavy (non-hydrogen) atoms. The average molecular weight is 347 g/mol. The fourth-order valence-corrected chi connectivity index (χ4v) is 4.47. The SMILES string of the molecule is O=C(CCc1ccsc1)NS(=O)(=O)C1=Cc2ccccc2CC1. The zero-order valence-corrected chi connectivity index (χ0v) is 14.1. The number of carbonyl (C=O) groups is 1. The number of hydrogen-bond donors (Lipinski definition) is 1. The molecular weight excluding hydrogens is 330 g/mol. The van der Waals surface area contributed by atoms with Gasteiger partial charge in [0, 0.05) is 6.42 Å². The number of hydrogen-bond acceptors (Lipinski definition) is 4. The highest BCUT2D eigenvalue weighted by Crippen LogP contribution is 2.26. The Balaban J connectivity index is 1.67. The van der Waals surface area contributed by atoms with E-state index in [0.29, 0.717) is 19.3 Å². The summed E-state index contributed by atoms with van der Waals surface area (Å²) in [5.74, 6) is -0.462. The fraction of sp³-hybridized carbons (Fsp3) is 0.235. The molecule has 0 saturated carbocycles. The van der Waals surface area contributed by atoms with Gasteiger partial charge in [0.1, 0.15) is 0 Å². The summed E-state index contributed by atoms with van der Waals surface area (Å²) in [4.78, 5) is 12.2. The zero-order valence-electron chi connectivity index (χ0n) is 12.5. The summed E-state index contributed by atoms with van der Waals surface area (Å²) in [6.07, 6.45) is 3.47. The molecule has 1 N–H and O–H groups in total. The number of sulfonamides is 1. The first-order valence-electron chi connectivity index (χ1n) is 7.40. The highest BCUT2D eigenvalue weighted by molar-refractivity contribution is 7.94. The number of amides is 1. The Labute approximate surface area is 139 Å². The van der Waals surface area contributed by atoms with Crippen molar-refractivity contribution in [3.63, 3.8) is 0 Å². The molecule has 0 aliphatic heterocycles. The molecule has 6 heteroatoms. The molecule has 1 aromatic carbocycles. The molecule has 120 valence electrons. The number of benzene rings is 1. The maximum atomic E-state index is 12.4. The van der Waals surface area contributed by atoms with Crippen LogP contribution in [0.1, 0.15) is 29.5 Å². The lowest BCUT2D eigenvalue weighted by Crippen LogP contribution is -2.32. The van der Waals surface area contributed by atoms with Gasteiger partial charge in [-0.05, 0) is 58.9 Å². The second kappa shape index (κ2) is 6.68. The molecule has 3 rings (SSSR count). The van der Waals surface area contributed by atoms with Gasteiger partial charge >= 0.3 is 0 Å². The van der Waals surface area contributed by atoms with Crippen LogP contribution in [0.4, 0.5) is 0 Å². The number of thiophene rings is 1. The highest BCUT2D eigenvalue weighted by Gasteiger charge is 2.23. The van der Waals surface area contributed by atoms with E-state index in [2.05, 4.69) is 4.72 Å². The number of fused-ring (bicyclic) bond motifs is 1. The Hall–Kier alpha value is -1.92. The van der Waals surface area contributed by atoms with E-state index in [1.165, 1.54) is 0 Å². The van der Waals surface area contributed by atoms with Gasteiger partial charge in [0.2, 0.25) is 5.91 Å². The van der Waals surface area contributed by atoms with Crippen molar-refractivity contribution in [2.45, 2.75) is 25.7 Å². The van der Waals surface area contributed by atoms with E-state index in [4.69, 9.17) is 0 Å². The first-order chi connectivity index (χ1) is 11.0. The largest absolute Gasteiger partial charge is 0.274 e. The summed E-state index contributed by atoms with van der Waals surface area (Å²) in [6.45, 7) is 0. The Bertz CT molecular complexity index is 836. The van der Waals surface area contributed by atoms with Crippen LogP contribution in [-0.2, 0) is 27.7 Å². The van der Waals surface area contributed by atoms with Gasteiger partial charge in [0.25, 0.3) is 10.0 Å². The van der Waals surface area contributed by atoms with Gasteiger partial charge in [0.05, 0.1) is 4.91 Å². The minimum Gasteiger partial charge on any atom is -0.274 e. The maximum Gasteiger partial charge on any atom is 0.260 e. The molecule has 0 spiro atoms. The molecule has 0 bridgehead atoms. The van der Waals surface area contributed by atoms with Crippen molar-refractivity contribution in [3.05, 3.63) is 62.7 Å². The van der Waals surface area contributed by atoms with Crippen LogP contribution in [0.5, 0.6) is 0 Å². The van der Waals surface area contributed by atoms with E-state index < -0.39 is 15.9 Å². The van der Waals surface area contributed by atoms with Gasteiger partial charge < -0.3 is 0 Å². The van der Waals surface area contributed by atoms with Crippen molar-refractivity contribution >= 4 is 33.3 Å². The molecule has 1 aliphatic carbocycles. The Kier molecular flexibility index (Phi) is 4.63. The molecule has 0 saturated heterocycles. The van der Waals surface area contributed by atoms with Crippen LogP contribution in [0.3, 0.4) is 0 Å². The quantitative estimate of drug-likeness (QED) is 0.904. The van der Waals surface area contributed by atoms with Gasteiger partial charge in [-0.1, -0.05) is 24.3 Å². The Morgan fingerprint density at radius 2 is 2.00 bits per heavy atom. The van der Waals surface area contributed by atoms with E-state index in [0.717, 1.165) is 16.7 Å². The van der Waals surface area contributed by atoms with E-state index >= 15 is 0 Å². The fourth-order valence-electron chi connectivity index (χ4n) is 2.58. The predicted molar refractivity (Wildman–Crippen MR) is 92.4 cm³/mol. The van der Waals surface area contributed by atoms with Crippen LogP contribution in [0.15, 0.2) is 46.0 Å². The summed E-state index contributed by atoms with van der Waals surface area (Å²) in [6, 6.07) is 9.65. The first kappa shape index (κ1) is 16.0. The van der Waals surface area contributed by atoms with Crippen LogP contribution in [-0.4, -0.2) is 14.3 Å². The lowest BCUT2D eigenvalue weighted by atomic mass is 9.98. The minimum absolute atomic E-state index is 0.166. The van der Waals surface area contributed by atoms with E-state index in [-0.39, 0.29) is 11.3 Å². The van der Waals surface area contributed by atoms with E-state index in [1.54, 1.807) is 17.4 Å². The summed E-state index contributed by atoms with van der Waals surface area (Å²) >= 11 is 1.56. The molecule has 1 amide bonds. The van der Waals surface area contributed by atoms with Crippen molar-refractivity contribution in [2.24, 2.45) is 0 Å². The summed E-state index contributed by atoms with van der Waals surface area (Å²) < 4.78 is 26.9. The summed E-state index contributed by atoms with van der Waals surface area (Å²) in [7, 11) is -3.75. The minimum atomic E-state index is -3.75. The topological polar surface area (TPSA) is 63.2 Å². The molecular formula is C17H17NO3S2. The molecule has 1 aromatic heterocycles. The summed E-state index contributed by atoms with van der Waals surface area (Å²) in [5, 5.41) is 3.90. The van der Waals surface area contributed by atoms with Crippen LogP contribution in [0, 0.1) is 0 Å². The monoisotopic (exact) mass is 347 g/mol. The number of nitrogens with one attached hydrogen (secondary N) is 1. The third kappa shape index (κ3) is 3.89. The van der Waals surface area contributed by atoms with Gasteiger partial charge in [-0.15, -0.1) is 0 Å². The van der Waals surface area contributed by atoms with Crippen molar-refractivity contribution < 1.29 is 13.2 Å².